The van der Waals surface area contributed by atoms with Crippen molar-refractivity contribution in [3.05, 3.63) is 87.9 Å². The fraction of sp³-hybridized carbons (Fsp3) is 0.0800. The van der Waals surface area contributed by atoms with E-state index in [-0.39, 0.29) is 11.8 Å². The molecule has 4 rings (SSSR count). The lowest BCUT2D eigenvalue weighted by Crippen LogP contribution is -2.22. The lowest BCUT2D eigenvalue weighted by atomic mass is 10.1. The Kier molecular flexibility index (Phi) is 7.25. The van der Waals surface area contributed by atoms with E-state index in [1.165, 1.54) is 34.4 Å². The van der Waals surface area contributed by atoms with Crippen LogP contribution in [-0.4, -0.2) is 17.1 Å². The molecule has 2 aromatic heterocycles. The number of carbonyl (C=O) groups is 2. The molecule has 33 heavy (non-hydrogen) atoms. The first-order valence-electron chi connectivity index (χ1n) is 10.0. The Morgan fingerprint density at radius 2 is 1.82 bits per heavy atom. The van der Waals surface area contributed by atoms with E-state index in [1.807, 2.05) is 78.3 Å². The highest BCUT2D eigenvalue weighted by Gasteiger charge is 2.20. The monoisotopic (exact) mass is 489 g/mol. The summed E-state index contributed by atoms with van der Waals surface area (Å²) in [5.41, 5.74) is 2.89. The first-order chi connectivity index (χ1) is 16.0. The van der Waals surface area contributed by atoms with Gasteiger partial charge in [-0.05, 0) is 42.1 Å². The highest BCUT2D eigenvalue weighted by atomic mass is 32.2. The number of benzene rings is 2. The second kappa shape index (κ2) is 10.5. The minimum Gasteiger partial charge on any atom is -0.321 e. The third-order valence-electron chi connectivity index (χ3n) is 4.74. The first-order valence-corrected chi connectivity index (χ1v) is 12.7. The van der Waals surface area contributed by atoms with E-state index >= 15 is 0 Å². The molecular formula is C25H19N3O2S3. The van der Waals surface area contributed by atoms with Crippen molar-refractivity contribution in [2.75, 3.05) is 10.6 Å². The van der Waals surface area contributed by atoms with Gasteiger partial charge in [-0.25, -0.2) is 0 Å². The molecule has 1 atom stereocenters. The Balaban J connectivity index is 1.42. The van der Waals surface area contributed by atoms with Gasteiger partial charge in [0.2, 0.25) is 5.91 Å². The zero-order chi connectivity index (χ0) is 23.2. The predicted molar refractivity (Wildman–Crippen MR) is 137 cm³/mol. The van der Waals surface area contributed by atoms with Crippen molar-refractivity contribution in [1.29, 1.82) is 5.26 Å². The largest absolute Gasteiger partial charge is 0.321 e. The molecule has 0 spiro atoms. The summed E-state index contributed by atoms with van der Waals surface area (Å²) in [4.78, 5) is 26.6. The van der Waals surface area contributed by atoms with Crippen LogP contribution >= 0.6 is 34.4 Å². The molecule has 2 aromatic carbocycles. The molecule has 8 heteroatoms. The maximum Gasteiger partial charge on any atom is 0.265 e. The van der Waals surface area contributed by atoms with Crippen molar-refractivity contribution in [3.8, 4) is 17.2 Å². The van der Waals surface area contributed by atoms with E-state index in [2.05, 4.69) is 16.7 Å². The van der Waals surface area contributed by atoms with Gasteiger partial charge in [-0.1, -0.05) is 42.5 Å². The van der Waals surface area contributed by atoms with Crippen molar-refractivity contribution in [2.45, 2.75) is 17.1 Å². The van der Waals surface area contributed by atoms with Crippen LogP contribution in [0.3, 0.4) is 0 Å². The Hall–Kier alpha value is -3.38. The molecule has 0 radical (unpaired) electrons. The molecule has 1 unspecified atom stereocenters. The Morgan fingerprint density at radius 3 is 2.55 bits per heavy atom. The topological polar surface area (TPSA) is 82.0 Å². The number of amides is 2. The Bertz CT molecular complexity index is 1310. The summed E-state index contributed by atoms with van der Waals surface area (Å²) in [5, 5.41) is 19.4. The normalized spacial score (nSPS) is 11.4. The molecular weight excluding hydrogens is 470 g/mol. The molecule has 0 fully saturated rings. The number of carbonyl (C=O) groups excluding carboxylic acids is 2. The molecule has 0 saturated carbocycles. The van der Waals surface area contributed by atoms with Crippen LogP contribution in [0.4, 0.5) is 10.7 Å². The van der Waals surface area contributed by atoms with Crippen LogP contribution in [0.15, 0.2) is 82.4 Å². The van der Waals surface area contributed by atoms with Crippen LogP contribution in [0.5, 0.6) is 0 Å². The Morgan fingerprint density at radius 1 is 1.00 bits per heavy atom. The van der Waals surface area contributed by atoms with Gasteiger partial charge in [-0.2, -0.15) is 5.26 Å². The molecule has 0 aliphatic heterocycles. The number of thioether (sulfide) groups is 1. The van der Waals surface area contributed by atoms with Gasteiger partial charge in [-0.3, -0.25) is 9.59 Å². The molecule has 5 nitrogen and oxygen atoms in total. The molecule has 0 bridgehead atoms. The van der Waals surface area contributed by atoms with Gasteiger partial charge >= 0.3 is 0 Å². The number of rotatable bonds is 7. The van der Waals surface area contributed by atoms with Crippen LogP contribution in [0, 0.1) is 11.3 Å². The average Bonchev–Trinajstić information content (AvgIpc) is 3.50. The number of hydrogen-bond donors (Lipinski definition) is 2. The van der Waals surface area contributed by atoms with E-state index in [4.69, 9.17) is 0 Å². The number of anilines is 2. The third kappa shape index (κ3) is 5.52. The highest BCUT2D eigenvalue weighted by molar-refractivity contribution is 8.00. The second-order valence-corrected chi connectivity index (χ2v) is 10.3. The maximum absolute atomic E-state index is 12.8. The summed E-state index contributed by atoms with van der Waals surface area (Å²) in [5.74, 6) is -0.347. The summed E-state index contributed by atoms with van der Waals surface area (Å²) in [6.45, 7) is 1.81. The number of thiophene rings is 2. The van der Waals surface area contributed by atoms with Crippen LogP contribution in [0.1, 0.15) is 22.2 Å². The molecule has 0 saturated heterocycles. The van der Waals surface area contributed by atoms with E-state index in [1.54, 1.807) is 6.07 Å². The maximum atomic E-state index is 12.8. The zero-order valence-corrected chi connectivity index (χ0v) is 20.0. The van der Waals surface area contributed by atoms with E-state index < -0.39 is 5.25 Å². The van der Waals surface area contributed by atoms with Crippen molar-refractivity contribution < 1.29 is 9.59 Å². The summed E-state index contributed by atoms with van der Waals surface area (Å²) in [7, 11) is 0. The third-order valence-corrected chi connectivity index (χ3v) is 7.60. The quantitative estimate of drug-likeness (QED) is 0.282. The van der Waals surface area contributed by atoms with Gasteiger partial charge in [-0.15, -0.1) is 34.4 Å². The van der Waals surface area contributed by atoms with Crippen molar-refractivity contribution in [3.63, 3.8) is 0 Å². The summed E-state index contributed by atoms with van der Waals surface area (Å²) >= 11 is 4.11. The van der Waals surface area contributed by atoms with E-state index in [9.17, 15) is 14.9 Å². The number of nitrogens with zero attached hydrogens (tertiary/aromatic N) is 1. The fourth-order valence-corrected chi connectivity index (χ4v) is 5.58. The van der Waals surface area contributed by atoms with Gasteiger partial charge in [0.05, 0.1) is 15.7 Å². The number of nitrogens with one attached hydrogen (secondary N) is 2. The summed E-state index contributed by atoms with van der Waals surface area (Å²) in [6, 6.07) is 22.9. The van der Waals surface area contributed by atoms with Crippen LogP contribution in [0.25, 0.3) is 11.1 Å². The molecule has 164 valence electrons. The lowest BCUT2D eigenvalue weighted by molar-refractivity contribution is -0.115. The van der Waals surface area contributed by atoms with E-state index in [0.29, 0.717) is 21.1 Å². The standard InChI is InChI=1S/C25H19N3O2S3/c1-16(33-19-10-5-9-18(13-19)27-24(30)22-11-6-12-31-22)23(29)28-25-20(14-26)21(15-32-25)17-7-3-2-4-8-17/h2-13,15-16H,1H3,(H,27,30)(H,28,29). The second-order valence-electron chi connectivity index (χ2n) is 7.04. The summed E-state index contributed by atoms with van der Waals surface area (Å²) in [6.07, 6.45) is 0. The minimum atomic E-state index is -0.401. The fourth-order valence-electron chi connectivity index (χ4n) is 3.11. The Labute approximate surface area is 204 Å². The lowest BCUT2D eigenvalue weighted by Gasteiger charge is -2.12. The zero-order valence-electron chi connectivity index (χ0n) is 17.6. The van der Waals surface area contributed by atoms with E-state index in [0.717, 1.165) is 16.0 Å². The highest BCUT2D eigenvalue weighted by Crippen LogP contribution is 2.35. The van der Waals surface area contributed by atoms with Crippen LogP contribution in [0.2, 0.25) is 0 Å². The smallest absolute Gasteiger partial charge is 0.265 e. The molecule has 2 heterocycles. The van der Waals surface area contributed by atoms with Gasteiger partial charge in [0, 0.05) is 21.5 Å². The van der Waals surface area contributed by atoms with Gasteiger partial charge in [0.15, 0.2) is 0 Å². The molecule has 0 aliphatic rings. The SMILES string of the molecule is CC(Sc1cccc(NC(=O)c2cccs2)c1)C(=O)Nc1scc(-c2ccccc2)c1C#N. The van der Waals surface area contributed by atoms with Crippen molar-refractivity contribution >= 4 is 56.9 Å². The molecule has 4 aromatic rings. The average molecular weight is 490 g/mol. The first kappa shape index (κ1) is 22.8. The number of hydrogen-bond acceptors (Lipinski definition) is 6. The van der Waals surface area contributed by atoms with Crippen LogP contribution < -0.4 is 10.6 Å². The van der Waals surface area contributed by atoms with Crippen molar-refractivity contribution in [1.82, 2.24) is 0 Å². The molecule has 0 aliphatic carbocycles. The predicted octanol–water partition coefficient (Wildman–Crippen LogP) is 6.72. The van der Waals surface area contributed by atoms with Gasteiger partial charge in [0.1, 0.15) is 11.1 Å². The summed E-state index contributed by atoms with van der Waals surface area (Å²) < 4.78 is 0. The van der Waals surface area contributed by atoms with Gasteiger partial charge in [0.25, 0.3) is 5.91 Å². The van der Waals surface area contributed by atoms with Gasteiger partial charge < -0.3 is 10.6 Å². The molecule has 2 N–H and O–H groups in total. The van der Waals surface area contributed by atoms with Crippen molar-refractivity contribution in [2.24, 2.45) is 0 Å². The minimum absolute atomic E-state index is 0.158. The molecule has 2 amide bonds. The number of nitriles is 1. The van der Waals surface area contributed by atoms with Crippen LogP contribution in [-0.2, 0) is 4.79 Å².